The van der Waals surface area contributed by atoms with Crippen molar-refractivity contribution in [2.75, 3.05) is 10.6 Å². The predicted molar refractivity (Wildman–Crippen MR) is 95.3 cm³/mol. The quantitative estimate of drug-likeness (QED) is 0.708. The molecule has 4 nitrogen and oxygen atoms in total. The molecule has 23 heavy (non-hydrogen) atoms. The van der Waals surface area contributed by atoms with E-state index in [1.54, 1.807) is 6.33 Å². The highest BCUT2D eigenvalue weighted by atomic mass is 35.5. The Balaban J connectivity index is 1.69. The second-order valence-electron chi connectivity index (χ2n) is 5.21. The molecule has 0 aliphatic rings. The van der Waals surface area contributed by atoms with Crippen molar-refractivity contribution in [3.8, 4) is 0 Å². The van der Waals surface area contributed by atoms with Gasteiger partial charge < -0.3 is 10.6 Å². The summed E-state index contributed by atoms with van der Waals surface area (Å²) in [5, 5.41) is 7.31. The van der Waals surface area contributed by atoms with Crippen LogP contribution in [0.25, 0.3) is 0 Å². The highest BCUT2D eigenvalue weighted by molar-refractivity contribution is 6.30. The van der Waals surface area contributed by atoms with E-state index in [2.05, 4.69) is 32.7 Å². The maximum absolute atomic E-state index is 5.98. The van der Waals surface area contributed by atoms with E-state index in [1.165, 1.54) is 5.56 Å². The molecule has 3 rings (SSSR count). The summed E-state index contributed by atoms with van der Waals surface area (Å²) in [6.45, 7) is 2.72. The minimum Gasteiger partial charge on any atom is -0.366 e. The lowest BCUT2D eigenvalue weighted by atomic mass is 10.2. The zero-order chi connectivity index (χ0) is 16.1. The van der Waals surface area contributed by atoms with Gasteiger partial charge in [-0.2, -0.15) is 0 Å². The Morgan fingerprint density at radius 3 is 2.52 bits per heavy atom. The maximum atomic E-state index is 5.98. The fraction of sp³-hybridized carbons (Fsp3) is 0.111. The predicted octanol–water partition coefficient (Wildman–Crippen LogP) is 4.79. The van der Waals surface area contributed by atoms with Gasteiger partial charge in [0.2, 0.25) is 0 Å². The average molecular weight is 325 g/mol. The van der Waals surface area contributed by atoms with Crippen molar-refractivity contribution in [1.82, 2.24) is 9.97 Å². The van der Waals surface area contributed by atoms with Crippen LogP contribution >= 0.6 is 11.6 Å². The summed E-state index contributed by atoms with van der Waals surface area (Å²) in [5.74, 6) is 1.51. The van der Waals surface area contributed by atoms with Crippen LogP contribution in [0.5, 0.6) is 0 Å². The molecule has 0 atom stereocenters. The zero-order valence-electron chi connectivity index (χ0n) is 12.8. The van der Waals surface area contributed by atoms with E-state index in [4.69, 9.17) is 11.6 Å². The monoisotopic (exact) mass is 324 g/mol. The number of hydrogen-bond acceptors (Lipinski definition) is 4. The maximum Gasteiger partial charge on any atom is 0.135 e. The molecule has 2 N–H and O–H groups in total. The van der Waals surface area contributed by atoms with Gasteiger partial charge in [0.1, 0.15) is 18.0 Å². The molecule has 0 saturated carbocycles. The number of nitrogens with one attached hydrogen (secondary N) is 2. The van der Waals surface area contributed by atoms with Gasteiger partial charge in [-0.15, -0.1) is 0 Å². The van der Waals surface area contributed by atoms with Crippen LogP contribution in [-0.4, -0.2) is 9.97 Å². The lowest BCUT2D eigenvalue weighted by Gasteiger charge is -2.11. The molecule has 5 heteroatoms. The van der Waals surface area contributed by atoms with Gasteiger partial charge >= 0.3 is 0 Å². The molecule has 0 radical (unpaired) electrons. The number of nitrogens with zero attached hydrogens (tertiary/aromatic N) is 2. The molecule has 0 aliphatic heterocycles. The lowest BCUT2D eigenvalue weighted by molar-refractivity contribution is 1.08. The van der Waals surface area contributed by atoms with Gasteiger partial charge in [0.25, 0.3) is 0 Å². The summed E-state index contributed by atoms with van der Waals surface area (Å²) >= 11 is 5.98. The van der Waals surface area contributed by atoms with E-state index in [9.17, 15) is 0 Å². The Hall–Kier alpha value is -2.59. The first kappa shape index (κ1) is 15.3. The van der Waals surface area contributed by atoms with E-state index in [1.807, 2.05) is 49.4 Å². The molecule has 0 bridgehead atoms. The first-order valence-electron chi connectivity index (χ1n) is 7.34. The summed E-state index contributed by atoms with van der Waals surface area (Å²) in [6.07, 6.45) is 1.54. The van der Waals surface area contributed by atoms with Gasteiger partial charge in [-0.05, 0) is 36.2 Å². The van der Waals surface area contributed by atoms with Crippen LogP contribution in [0.15, 0.2) is 60.9 Å². The normalized spacial score (nSPS) is 10.3. The van der Waals surface area contributed by atoms with Gasteiger partial charge in [-0.25, -0.2) is 9.97 Å². The molecule has 1 heterocycles. The van der Waals surface area contributed by atoms with E-state index in [0.717, 1.165) is 34.5 Å². The minimum absolute atomic E-state index is 0.720. The highest BCUT2D eigenvalue weighted by Crippen LogP contribution is 2.23. The summed E-state index contributed by atoms with van der Waals surface area (Å²) in [5.41, 5.74) is 3.24. The molecule has 0 unspecified atom stereocenters. The van der Waals surface area contributed by atoms with E-state index >= 15 is 0 Å². The topological polar surface area (TPSA) is 49.8 Å². The summed E-state index contributed by atoms with van der Waals surface area (Å²) in [6, 6.07) is 17.8. The Labute approximate surface area is 140 Å². The number of aromatic nitrogens is 2. The summed E-state index contributed by atoms with van der Waals surface area (Å²) < 4.78 is 0. The number of rotatable bonds is 5. The third kappa shape index (κ3) is 4.20. The molecular weight excluding hydrogens is 308 g/mol. The molecule has 1 aromatic heterocycles. The van der Waals surface area contributed by atoms with Crippen LogP contribution in [0.1, 0.15) is 11.1 Å². The minimum atomic E-state index is 0.720. The molecule has 0 spiro atoms. The van der Waals surface area contributed by atoms with Crippen molar-refractivity contribution in [1.29, 1.82) is 0 Å². The summed E-state index contributed by atoms with van der Waals surface area (Å²) in [4.78, 5) is 8.51. The fourth-order valence-electron chi connectivity index (χ4n) is 2.22. The summed E-state index contributed by atoms with van der Waals surface area (Å²) in [7, 11) is 0. The van der Waals surface area contributed by atoms with Crippen LogP contribution in [0.4, 0.5) is 17.3 Å². The molecule has 0 aliphatic carbocycles. The van der Waals surface area contributed by atoms with Crippen molar-refractivity contribution in [3.05, 3.63) is 77.1 Å². The molecule has 0 amide bonds. The third-order valence-electron chi connectivity index (χ3n) is 3.43. The lowest BCUT2D eigenvalue weighted by Crippen LogP contribution is -2.03. The Morgan fingerprint density at radius 1 is 0.957 bits per heavy atom. The Bertz CT molecular complexity index is 790. The van der Waals surface area contributed by atoms with Crippen molar-refractivity contribution >= 4 is 28.9 Å². The first-order chi connectivity index (χ1) is 11.2. The second-order valence-corrected chi connectivity index (χ2v) is 5.65. The van der Waals surface area contributed by atoms with E-state index in [0.29, 0.717) is 0 Å². The highest BCUT2D eigenvalue weighted by Gasteiger charge is 2.03. The van der Waals surface area contributed by atoms with Crippen LogP contribution < -0.4 is 10.6 Å². The SMILES string of the molecule is Cc1cc(Cl)ccc1Nc1cc(NCc2ccccc2)ncn1. The number of anilines is 3. The van der Waals surface area contributed by atoms with E-state index < -0.39 is 0 Å². The Morgan fingerprint density at radius 2 is 1.74 bits per heavy atom. The zero-order valence-corrected chi connectivity index (χ0v) is 13.5. The van der Waals surface area contributed by atoms with Crippen molar-refractivity contribution in [3.63, 3.8) is 0 Å². The van der Waals surface area contributed by atoms with Gasteiger partial charge in [0.15, 0.2) is 0 Å². The Kier molecular flexibility index (Phi) is 4.74. The van der Waals surface area contributed by atoms with Crippen molar-refractivity contribution in [2.45, 2.75) is 13.5 Å². The molecule has 0 saturated heterocycles. The molecular formula is C18H17ClN4. The fourth-order valence-corrected chi connectivity index (χ4v) is 2.44. The second kappa shape index (κ2) is 7.11. The standard InChI is InChI=1S/C18H17ClN4/c1-13-9-15(19)7-8-16(13)23-18-10-17(21-12-22-18)20-11-14-5-3-2-4-6-14/h2-10,12H,11H2,1H3,(H2,20,21,22,23). The van der Waals surface area contributed by atoms with Gasteiger partial charge in [-0.3, -0.25) is 0 Å². The number of hydrogen-bond donors (Lipinski definition) is 2. The van der Waals surface area contributed by atoms with Crippen LogP contribution in [-0.2, 0) is 6.54 Å². The van der Waals surface area contributed by atoms with Gasteiger partial charge in [0, 0.05) is 23.3 Å². The van der Waals surface area contributed by atoms with Crippen LogP contribution in [0.3, 0.4) is 0 Å². The van der Waals surface area contributed by atoms with Gasteiger partial charge in [-0.1, -0.05) is 41.9 Å². The van der Waals surface area contributed by atoms with E-state index in [-0.39, 0.29) is 0 Å². The first-order valence-corrected chi connectivity index (χ1v) is 7.71. The largest absolute Gasteiger partial charge is 0.366 e. The van der Waals surface area contributed by atoms with Gasteiger partial charge in [0.05, 0.1) is 0 Å². The molecule has 3 aromatic rings. The van der Waals surface area contributed by atoms with Crippen LogP contribution in [0.2, 0.25) is 5.02 Å². The van der Waals surface area contributed by atoms with Crippen molar-refractivity contribution in [2.24, 2.45) is 0 Å². The molecule has 116 valence electrons. The van der Waals surface area contributed by atoms with Crippen molar-refractivity contribution < 1.29 is 0 Å². The average Bonchev–Trinajstić information content (AvgIpc) is 2.57. The number of benzene rings is 2. The molecule has 2 aromatic carbocycles. The van der Waals surface area contributed by atoms with Crippen LogP contribution in [0, 0.1) is 6.92 Å². The molecule has 0 fully saturated rings. The third-order valence-corrected chi connectivity index (χ3v) is 3.67. The number of aryl methyl sites for hydroxylation is 1. The number of halogens is 1. The smallest absolute Gasteiger partial charge is 0.135 e.